The van der Waals surface area contributed by atoms with Gasteiger partial charge in [-0.2, -0.15) is 5.10 Å². The lowest BCUT2D eigenvalue weighted by Gasteiger charge is -2.13. The molecule has 2 nitrogen and oxygen atoms in total. The van der Waals surface area contributed by atoms with Crippen LogP contribution in [0.5, 0.6) is 0 Å². The van der Waals surface area contributed by atoms with Gasteiger partial charge in [-0.3, -0.25) is 5.01 Å². The fourth-order valence-electron chi connectivity index (χ4n) is 1.48. The largest absolute Gasteiger partial charge is 0.295 e. The Hall–Kier alpha value is -1.90. The fourth-order valence-corrected chi connectivity index (χ4v) is 1.48. The maximum atomic E-state index is 12.9. The molecule has 0 N–H and O–H groups in total. The van der Waals surface area contributed by atoms with Crippen molar-refractivity contribution in [1.29, 1.82) is 0 Å². The number of nitrogens with zero attached hydrogens (tertiary/aromatic N) is 2. The molecule has 1 aromatic rings. The van der Waals surface area contributed by atoms with Gasteiger partial charge in [0.1, 0.15) is 5.83 Å². The monoisotopic (exact) mass is 246 g/mol. The molecule has 0 aliphatic carbocycles. The van der Waals surface area contributed by atoms with E-state index in [0.29, 0.717) is 0 Å². The number of hydrazone groups is 1. The molecule has 1 aromatic carbocycles. The highest BCUT2D eigenvalue weighted by Crippen LogP contribution is 2.03. The maximum absolute atomic E-state index is 12.9. The van der Waals surface area contributed by atoms with E-state index in [0.717, 1.165) is 12.3 Å². The number of hydrogen-bond donors (Lipinski definition) is 0. The minimum absolute atomic E-state index is 0.254. The predicted octanol–water partition coefficient (Wildman–Crippen LogP) is 3.92. The van der Waals surface area contributed by atoms with E-state index in [2.05, 4.69) is 17.2 Å². The normalized spacial score (nSPS) is 13.1. The molecule has 0 atom stereocenters. The van der Waals surface area contributed by atoms with Crippen molar-refractivity contribution in [1.82, 2.24) is 5.01 Å². The van der Waals surface area contributed by atoms with E-state index in [-0.39, 0.29) is 5.83 Å². The van der Waals surface area contributed by atoms with Crippen LogP contribution in [0, 0.1) is 0 Å². The molecule has 0 unspecified atom stereocenters. The second-order valence-corrected chi connectivity index (χ2v) is 4.05. The summed E-state index contributed by atoms with van der Waals surface area (Å²) in [5, 5.41) is 6.18. The molecule has 0 radical (unpaired) electrons. The van der Waals surface area contributed by atoms with Crippen LogP contribution in [0.1, 0.15) is 19.4 Å². The Bertz CT molecular complexity index is 447. The number of hydrogen-bond acceptors (Lipinski definition) is 2. The summed E-state index contributed by atoms with van der Waals surface area (Å²) in [7, 11) is 1.90. The summed E-state index contributed by atoms with van der Waals surface area (Å²) >= 11 is 0. The van der Waals surface area contributed by atoms with E-state index in [1.54, 1.807) is 13.0 Å². The third-order valence-corrected chi connectivity index (χ3v) is 2.34. The van der Waals surface area contributed by atoms with Gasteiger partial charge >= 0.3 is 0 Å². The van der Waals surface area contributed by atoms with E-state index in [4.69, 9.17) is 0 Å². The molecule has 0 aliphatic heterocycles. The summed E-state index contributed by atoms with van der Waals surface area (Å²) in [5.41, 5.74) is 1.96. The Kier molecular flexibility index (Phi) is 5.85. The summed E-state index contributed by atoms with van der Waals surface area (Å²) in [6, 6.07) is 10.1. The highest BCUT2D eigenvalue weighted by molar-refractivity contribution is 5.92. The Balaban J connectivity index is 2.58. The first-order valence-corrected chi connectivity index (χ1v) is 5.92. The maximum Gasteiger partial charge on any atom is 0.119 e. The Morgan fingerprint density at radius 2 is 1.94 bits per heavy atom. The van der Waals surface area contributed by atoms with Crippen molar-refractivity contribution in [2.75, 3.05) is 7.05 Å². The Labute approximate surface area is 108 Å². The lowest BCUT2D eigenvalue weighted by molar-refractivity contribution is 0.347. The molecule has 0 aliphatic rings. The fraction of sp³-hybridized carbons (Fsp3) is 0.267. The van der Waals surface area contributed by atoms with Crippen LogP contribution >= 0.6 is 0 Å². The first-order chi connectivity index (χ1) is 8.61. The van der Waals surface area contributed by atoms with E-state index >= 15 is 0 Å². The van der Waals surface area contributed by atoms with Crippen molar-refractivity contribution in [3.8, 4) is 0 Å². The van der Waals surface area contributed by atoms with Crippen molar-refractivity contribution in [3.63, 3.8) is 0 Å². The first-order valence-electron chi connectivity index (χ1n) is 5.92. The SMILES string of the molecule is C\C=C(F)/C=C\C(C)=N\N(C)Cc1ccccc1. The van der Waals surface area contributed by atoms with Gasteiger partial charge in [-0.25, -0.2) is 4.39 Å². The lowest BCUT2D eigenvalue weighted by Crippen LogP contribution is -2.12. The van der Waals surface area contributed by atoms with Gasteiger partial charge in [-0.15, -0.1) is 0 Å². The average Bonchev–Trinajstić information content (AvgIpc) is 2.37. The van der Waals surface area contributed by atoms with Crippen LogP contribution in [-0.2, 0) is 6.54 Å². The van der Waals surface area contributed by atoms with Gasteiger partial charge in [0.2, 0.25) is 0 Å². The molecule has 96 valence electrons. The molecule has 0 saturated heterocycles. The van der Waals surface area contributed by atoms with Crippen LogP contribution in [0.3, 0.4) is 0 Å². The minimum Gasteiger partial charge on any atom is -0.295 e. The molecule has 0 bridgehead atoms. The van der Waals surface area contributed by atoms with Crippen LogP contribution in [0.25, 0.3) is 0 Å². The second-order valence-electron chi connectivity index (χ2n) is 4.05. The summed E-state index contributed by atoms with van der Waals surface area (Å²) in [6.45, 7) is 4.24. The zero-order chi connectivity index (χ0) is 13.4. The Morgan fingerprint density at radius 1 is 1.28 bits per heavy atom. The zero-order valence-corrected chi connectivity index (χ0v) is 11.1. The van der Waals surface area contributed by atoms with Crippen molar-refractivity contribution in [3.05, 3.63) is 60.0 Å². The predicted molar refractivity (Wildman–Crippen MR) is 75.0 cm³/mol. The first kappa shape index (κ1) is 14.2. The van der Waals surface area contributed by atoms with E-state index < -0.39 is 0 Å². The van der Waals surface area contributed by atoms with Gasteiger partial charge in [-0.1, -0.05) is 36.4 Å². The molecular formula is C15H19FN2. The van der Waals surface area contributed by atoms with Crippen LogP contribution in [-0.4, -0.2) is 17.8 Å². The topological polar surface area (TPSA) is 15.6 Å². The smallest absolute Gasteiger partial charge is 0.119 e. The van der Waals surface area contributed by atoms with Crippen LogP contribution in [0.2, 0.25) is 0 Å². The number of allylic oxidation sites excluding steroid dienone is 4. The number of halogens is 1. The van der Waals surface area contributed by atoms with Gasteiger partial charge in [0.25, 0.3) is 0 Å². The summed E-state index contributed by atoms with van der Waals surface area (Å²) in [6.07, 6.45) is 4.49. The average molecular weight is 246 g/mol. The second kappa shape index (κ2) is 7.43. The van der Waals surface area contributed by atoms with Gasteiger partial charge in [0.15, 0.2) is 0 Å². The summed E-state index contributed by atoms with van der Waals surface area (Å²) in [5.74, 6) is -0.254. The number of benzene rings is 1. The molecule has 18 heavy (non-hydrogen) atoms. The van der Waals surface area contributed by atoms with Gasteiger partial charge in [0.05, 0.1) is 12.3 Å². The standard InChI is InChI=1S/C15H19FN2/c1-4-15(16)11-10-13(2)17-18(3)12-14-8-6-5-7-9-14/h4-11H,12H2,1-3H3/b11-10-,15-4+,17-13+. The van der Waals surface area contributed by atoms with Crippen molar-refractivity contribution in [2.45, 2.75) is 20.4 Å². The minimum atomic E-state index is -0.254. The molecule has 3 heteroatoms. The Morgan fingerprint density at radius 3 is 2.56 bits per heavy atom. The molecule has 0 aromatic heterocycles. The van der Waals surface area contributed by atoms with Crippen molar-refractivity contribution >= 4 is 5.71 Å². The van der Waals surface area contributed by atoms with E-state index in [9.17, 15) is 4.39 Å². The van der Waals surface area contributed by atoms with Crippen molar-refractivity contribution in [2.24, 2.45) is 5.10 Å². The van der Waals surface area contributed by atoms with Gasteiger partial charge in [0, 0.05) is 7.05 Å². The molecule has 1 rings (SSSR count). The van der Waals surface area contributed by atoms with Crippen molar-refractivity contribution < 1.29 is 4.39 Å². The van der Waals surface area contributed by atoms with Crippen LogP contribution < -0.4 is 0 Å². The lowest BCUT2D eigenvalue weighted by atomic mass is 10.2. The molecule has 0 fully saturated rings. The summed E-state index contributed by atoms with van der Waals surface area (Å²) < 4.78 is 12.9. The molecule has 0 spiro atoms. The quantitative estimate of drug-likeness (QED) is 0.437. The van der Waals surface area contributed by atoms with E-state index in [1.807, 2.05) is 37.2 Å². The third-order valence-electron chi connectivity index (χ3n) is 2.34. The third kappa shape index (κ3) is 5.43. The zero-order valence-electron chi connectivity index (χ0n) is 11.1. The summed E-state index contributed by atoms with van der Waals surface area (Å²) in [4.78, 5) is 0. The molecule has 0 heterocycles. The number of rotatable bonds is 5. The molecule has 0 amide bonds. The van der Waals surface area contributed by atoms with Gasteiger partial charge in [-0.05, 0) is 31.6 Å². The van der Waals surface area contributed by atoms with Gasteiger partial charge < -0.3 is 0 Å². The highest BCUT2D eigenvalue weighted by Gasteiger charge is 1.96. The molecular weight excluding hydrogens is 227 g/mol. The van der Waals surface area contributed by atoms with Crippen LogP contribution in [0.4, 0.5) is 4.39 Å². The van der Waals surface area contributed by atoms with E-state index in [1.165, 1.54) is 17.7 Å². The highest BCUT2D eigenvalue weighted by atomic mass is 19.1. The molecule has 0 saturated carbocycles. The van der Waals surface area contributed by atoms with Crippen LogP contribution in [0.15, 0.2) is 59.5 Å².